The first kappa shape index (κ1) is 14.1. The fourth-order valence-corrected chi connectivity index (χ4v) is 3.17. The van der Waals surface area contributed by atoms with Gasteiger partial charge in [-0.05, 0) is 24.3 Å². The van der Waals surface area contributed by atoms with Gasteiger partial charge in [-0.15, -0.1) is 0 Å². The van der Waals surface area contributed by atoms with Gasteiger partial charge in [0.15, 0.2) is 0 Å². The fourth-order valence-electron chi connectivity index (χ4n) is 3.17. The minimum atomic E-state index is -0.754. The zero-order chi connectivity index (χ0) is 13.9. The first-order chi connectivity index (χ1) is 9.07. The summed E-state index contributed by atoms with van der Waals surface area (Å²) in [4.78, 5) is 12.2. The lowest BCUT2D eigenvalue weighted by Crippen LogP contribution is -2.58. The Bertz CT molecular complexity index is 424. The van der Waals surface area contributed by atoms with E-state index in [9.17, 15) is 4.79 Å². The standard InChI is InChI=1S/C16H24N2O/c1-12(2)16(15(17)19,13-8-4-3-5-9-13)18-14-10-6-7-11-14/h3-5,8-9,12,14,18H,6-7,10-11H2,1-2H3,(H2,17,19). The molecule has 104 valence electrons. The summed E-state index contributed by atoms with van der Waals surface area (Å²) in [5.74, 6) is -0.159. The van der Waals surface area contributed by atoms with Crippen LogP contribution < -0.4 is 11.1 Å². The molecule has 3 heteroatoms. The second kappa shape index (κ2) is 5.74. The molecule has 1 aromatic carbocycles. The topological polar surface area (TPSA) is 55.1 Å². The fraction of sp³-hybridized carbons (Fsp3) is 0.562. The molecule has 3 nitrogen and oxygen atoms in total. The molecule has 19 heavy (non-hydrogen) atoms. The molecule has 0 radical (unpaired) electrons. The van der Waals surface area contributed by atoms with Gasteiger partial charge in [-0.25, -0.2) is 0 Å². The van der Waals surface area contributed by atoms with Crippen LogP contribution in [0.1, 0.15) is 45.1 Å². The Morgan fingerprint density at radius 1 is 1.26 bits per heavy atom. The van der Waals surface area contributed by atoms with Crippen molar-refractivity contribution in [1.29, 1.82) is 0 Å². The van der Waals surface area contributed by atoms with E-state index in [1.54, 1.807) is 0 Å². The molecule has 0 aromatic heterocycles. The number of hydrogen-bond donors (Lipinski definition) is 2. The molecule has 0 bridgehead atoms. The number of carbonyl (C=O) groups excluding carboxylic acids is 1. The predicted molar refractivity (Wildman–Crippen MR) is 77.5 cm³/mol. The van der Waals surface area contributed by atoms with E-state index in [1.807, 2.05) is 30.3 Å². The van der Waals surface area contributed by atoms with Gasteiger partial charge in [-0.1, -0.05) is 57.0 Å². The number of primary amides is 1. The molecule has 0 spiro atoms. The molecule has 0 saturated heterocycles. The van der Waals surface area contributed by atoms with Gasteiger partial charge in [0.25, 0.3) is 0 Å². The smallest absolute Gasteiger partial charge is 0.242 e. The molecule has 0 aliphatic heterocycles. The van der Waals surface area contributed by atoms with Crippen molar-refractivity contribution in [3.05, 3.63) is 35.9 Å². The van der Waals surface area contributed by atoms with Gasteiger partial charge in [-0.3, -0.25) is 10.1 Å². The van der Waals surface area contributed by atoms with Gasteiger partial charge in [0.2, 0.25) is 5.91 Å². The summed E-state index contributed by atoms with van der Waals surface area (Å²) < 4.78 is 0. The maximum atomic E-state index is 12.2. The third kappa shape index (κ3) is 2.66. The molecule has 1 aromatic rings. The molecule has 1 saturated carbocycles. The zero-order valence-electron chi connectivity index (χ0n) is 11.9. The van der Waals surface area contributed by atoms with Crippen molar-refractivity contribution in [2.24, 2.45) is 11.7 Å². The summed E-state index contributed by atoms with van der Waals surface area (Å²) in [5, 5.41) is 3.57. The normalized spacial score (nSPS) is 19.5. The number of amides is 1. The van der Waals surface area contributed by atoms with E-state index in [4.69, 9.17) is 5.73 Å². The SMILES string of the molecule is CC(C)C(NC1CCCC1)(C(N)=O)c1ccccc1. The Hall–Kier alpha value is -1.35. The van der Waals surface area contributed by atoms with Crippen LogP contribution in [0.5, 0.6) is 0 Å². The van der Waals surface area contributed by atoms with E-state index in [0.717, 1.165) is 18.4 Å². The Labute approximate surface area is 115 Å². The van der Waals surface area contributed by atoms with Crippen LogP contribution in [-0.2, 0) is 10.3 Å². The van der Waals surface area contributed by atoms with Crippen LogP contribution in [0, 0.1) is 5.92 Å². The summed E-state index contributed by atoms with van der Waals surface area (Å²) in [5.41, 5.74) is 6.00. The van der Waals surface area contributed by atoms with Crippen molar-refractivity contribution < 1.29 is 4.79 Å². The quantitative estimate of drug-likeness (QED) is 0.855. The molecule has 1 fully saturated rings. The third-order valence-corrected chi connectivity index (χ3v) is 4.27. The number of carbonyl (C=O) groups is 1. The van der Waals surface area contributed by atoms with E-state index >= 15 is 0 Å². The van der Waals surface area contributed by atoms with Crippen molar-refractivity contribution in [3.8, 4) is 0 Å². The highest BCUT2D eigenvalue weighted by molar-refractivity contribution is 5.86. The lowest BCUT2D eigenvalue weighted by molar-refractivity contribution is -0.127. The highest BCUT2D eigenvalue weighted by Crippen LogP contribution is 2.32. The predicted octanol–water partition coefficient (Wildman–Crippen LogP) is 2.56. The van der Waals surface area contributed by atoms with E-state index in [-0.39, 0.29) is 11.8 Å². The first-order valence-electron chi connectivity index (χ1n) is 7.20. The molecule has 3 N–H and O–H groups in total. The van der Waals surface area contributed by atoms with Crippen molar-refractivity contribution in [2.75, 3.05) is 0 Å². The van der Waals surface area contributed by atoms with Crippen LogP contribution >= 0.6 is 0 Å². The Morgan fingerprint density at radius 3 is 2.32 bits per heavy atom. The number of benzene rings is 1. The number of rotatable bonds is 5. The van der Waals surface area contributed by atoms with E-state index < -0.39 is 5.54 Å². The van der Waals surface area contributed by atoms with Gasteiger partial charge in [0.1, 0.15) is 5.54 Å². The summed E-state index contributed by atoms with van der Waals surface area (Å²) >= 11 is 0. The molecule has 1 amide bonds. The van der Waals surface area contributed by atoms with Gasteiger partial charge in [0.05, 0.1) is 0 Å². The van der Waals surface area contributed by atoms with Crippen LogP contribution in [-0.4, -0.2) is 11.9 Å². The molecule has 1 atom stereocenters. The van der Waals surface area contributed by atoms with Gasteiger partial charge in [-0.2, -0.15) is 0 Å². The zero-order valence-corrected chi connectivity index (χ0v) is 11.9. The van der Waals surface area contributed by atoms with Crippen molar-refractivity contribution >= 4 is 5.91 Å². The number of hydrogen-bond acceptors (Lipinski definition) is 2. The lowest BCUT2D eigenvalue weighted by Gasteiger charge is -2.38. The number of nitrogens with one attached hydrogen (secondary N) is 1. The highest BCUT2D eigenvalue weighted by Gasteiger charge is 2.43. The monoisotopic (exact) mass is 260 g/mol. The average Bonchev–Trinajstić information content (AvgIpc) is 2.89. The largest absolute Gasteiger partial charge is 0.368 e. The Balaban J connectivity index is 2.38. The van der Waals surface area contributed by atoms with Crippen LogP contribution in [0.15, 0.2) is 30.3 Å². The van der Waals surface area contributed by atoms with Crippen LogP contribution in [0.2, 0.25) is 0 Å². The minimum absolute atomic E-state index is 0.119. The summed E-state index contributed by atoms with van der Waals surface area (Å²) in [6.45, 7) is 4.11. The highest BCUT2D eigenvalue weighted by atomic mass is 16.1. The molecule has 1 aliphatic carbocycles. The first-order valence-corrected chi connectivity index (χ1v) is 7.20. The van der Waals surface area contributed by atoms with Crippen molar-refractivity contribution in [3.63, 3.8) is 0 Å². The van der Waals surface area contributed by atoms with Crippen LogP contribution in [0.25, 0.3) is 0 Å². The van der Waals surface area contributed by atoms with E-state index in [0.29, 0.717) is 6.04 Å². The van der Waals surface area contributed by atoms with E-state index in [2.05, 4.69) is 19.2 Å². The second-order valence-electron chi connectivity index (χ2n) is 5.82. The van der Waals surface area contributed by atoms with Gasteiger partial charge >= 0.3 is 0 Å². The molecule has 1 unspecified atom stereocenters. The summed E-state index contributed by atoms with van der Waals surface area (Å²) in [6, 6.07) is 10.3. The molecular formula is C16H24N2O. The minimum Gasteiger partial charge on any atom is -0.368 e. The Morgan fingerprint density at radius 2 is 1.84 bits per heavy atom. The summed E-state index contributed by atoms with van der Waals surface area (Å²) in [7, 11) is 0. The van der Waals surface area contributed by atoms with Crippen LogP contribution in [0.3, 0.4) is 0 Å². The van der Waals surface area contributed by atoms with Gasteiger partial charge < -0.3 is 5.73 Å². The maximum Gasteiger partial charge on any atom is 0.242 e. The lowest BCUT2D eigenvalue weighted by atomic mass is 9.78. The van der Waals surface area contributed by atoms with E-state index in [1.165, 1.54) is 12.8 Å². The average molecular weight is 260 g/mol. The second-order valence-corrected chi connectivity index (χ2v) is 5.82. The third-order valence-electron chi connectivity index (χ3n) is 4.27. The maximum absolute atomic E-state index is 12.2. The molecule has 0 heterocycles. The molecule has 2 rings (SSSR count). The van der Waals surface area contributed by atoms with Crippen molar-refractivity contribution in [1.82, 2.24) is 5.32 Å². The van der Waals surface area contributed by atoms with Gasteiger partial charge in [0, 0.05) is 6.04 Å². The molecule has 1 aliphatic rings. The number of nitrogens with two attached hydrogens (primary N) is 1. The van der Waals surface area contributed by atoms with Crippen molar-refractivity contribution in [2.45, 2.75) is 51.1 Å². The van der Waals surface area contributed by atoms with Crippen LogP contribution in [0.4, 0.5) is 0 Å². The Kier molecular flexibility index (Phi) is 4.25. The summed E-state index contributed by atoms with van der Waals surface area (Å²) in [6.07, 6.45) is 4.74. The molecular weight excluding hydrogens is 236 g/mol.